The van der Waals surface area contributed by atoms with Gasteiger partial charge in [-0.05, 0) is 66.6 Å². The van der Waals surface area contributed by atoms with Crippen LogP contribution in [-0.4, -0.2) is 31.4 Å². The fourth-order valence-corrected chi connectivity index (χ4v) is 4.44. The molecule has 1 aliphatic rings. The molecular formula is C27H29N3O4. The molecule has 3 aromatic carbocycles. The number of ether oxygens (including phenoxy) is 1. The molecule has 0 unspecified atom stereocenters. The van der Waals surface area contributed by atoms with Crippen LogP contribution < -0.4 is 20.9 Å². The monoisotopic (exact) mass is 459 g/mol. The molecule has 176 valence electrons. The van der Waals surface area contributed by atoms with Gasteiger partial charge in [0.05, 0.1) is 7.11 Å². The number of carbonyl (C=O) groups excluding carboxylic acids is 3. The second kappa shape index (κ2) is 10.8. The predicted molar refractivity (Wildman–Crippen MR) is 130 cm³/mol. The molecule has 7 heteroatoms. The van der Waals surface area contributed by atoms with Gasteiger partial charge in [-0.25, -0.2) is 0 Å². The summed E-state index contributed by atoms with van der Waals surface area (Å²) in [5, 5.41) is 4.80. The largest absolute Gasteiger partial charge is 0.497 e. The number of amides is 3. The third-order valence-electron chi connectivity index (χ3n) is 6.43. The van der Waals surface area contributed by atoms with Crippen molar-refractivity contribution >= 4 is 28.5 Å². The van der Waals surface area contributed by atoms with Crippen molar-refractivity contribution in [3.05, 3.63) is 77.9 Å². The number of fused-ring (bicyclic) bond motifs is 1. The van der Waals surface area contributed by atoms with Crippen LogP contribution >= 0.6 is 0 Å². The van der Waals surface area contributed by atoms with E-state index in [1.165, 1.54) is 0 Å². The Morgan fingerprint density at radius 1 is 0.853 bits per heavy atom. The first-order chi connectivity index (χ1) is 16.5. The molecule has 3 N–H and O–H groups in total. The van der Waals surface area contributed by atoms with Crippen LogP contribution in [0.2, 0.25) is 0 Å². The maximum Gasteiger partial charge on any atom is 0.270 e. The van der Waals surface area contributed by atoms with Crippen molar-refractivity contribution in [2.24, 2.45) is 11.8 Å². The van der Waals surface area contributed by atoms with Crippen LogP contribution in [0.5, 0.6) is 5.75 Å². The Hall–Kier alpha value is -3.87. The average molecular weight is 460 g/mol. The van der Waals surface area contributed by atoms with E-state index in [0.717, 1.165) is 36.5 Å². The number of benzene rings is 3. The molecule has 1 saturated carbocycles. The lowest BCUT2D eigenvalue weighted by atomic mass is 9.81. The van der Waals surface area contributed by atoms with Gasteiger partial charge in [0, 0.05) is 23.6 Å². The van der Waals surface area contributed by atoms with Crippen molar-refractivity contribution in [3.8, 4) is 5.75 Å². The zero-order valence-corrected chi connectivity index (χ0v) is 19.2. The van der Waals surface area contributed by atoms with Gasteiger partial charge in [0.2, 0.25) is 5.91 Å². The van der Waals surface area contributed by atoms with E-state index < -0.39 is 0 Å². The van der Waals surface area contributed by atoms with Gasteiger partial charge < -0.3 is 10.1 Å². The summed E-state index contributed by atoms with van der Waals surface area (Å²) in [6.45, 7) is 0.572. The highest BCUT2D eigenvalue weighted by Crippen LogP contribution is 2.28. The molecular weight excluding hydrogens is 430 g/mol. The maximum atomic E-state index is 12.6. The molecule has 0 spiro atoms. The molecule has 7 nitrogen and oxygen atoms in total. The summed E-state index contributed by atoms with van der Waals surface area (Å²) < 4.78 is 5.17. The first-order valence-electron chi connectivity index (χ1n) is 11.6. The van der Waals surface area contributed by atoms with Gasteiger partial charge in [0.15, 0.2) is 0 Å². The van der Waals surface area contributed by atoms with E-state index >= 15 is 0 Å². The summed E-state index contributed by atoms with van der Waals surface area (Å²) in [6, 6.07) is 20.2. The number of methoxy groups -OCH3 is 1. The molecule has 1 fully saturated rings. The zero-order valence-electron chi connectivity index (χ0n) is 19.2. The number of nitrogens with one attached hydrogen (secondary N) is 3. The molecule has 3 amide bonds. The van der Waals surface area contributed by atoms with E-state index in [0.29, 0.717) is 29.3 Å². The predicted octanol–water partition coefficient (Wildman–Crippen LogP) is 3.85. The van der Waals surface area contributed by atoms with Gasteiger partial charge >= 0.3 is 0 Å². The Morgan fingerprint density at radius 3 is 2.38 bits per heavy atom. The van der Waals surface area contributed by atoms with Crippen LogP contribution in [0.25, 0.3) is 10.8 Å². The van der Waals surface area contributed by atoms with E-state index in [1.54, 1.807) is 37.4 Å². The standard InChI is InChI=1S/C27H29N3O4/c1-34-22-9-4-8-21(16-22)25(31)28-17-18-12-14-20(15-13-18)26(32)29-30-27(33)24-11-5-7-19-6-2-3-10-23(19)24/h2-11,16,18,20H,12-15,17H2,1H3,(H,28,31)(H,29,32)(H,30,33). The second-order valence-electron chi connectivity index (χ2n) is 8.63. The Balaban J connectivity index is 1.22. The quantitative estimate of drug-likeness (QED) is 0.488. The molecule has 1 aliphatic carbocycles. The number of rotatable bonds is 6. The van der Waals surface area contributed by atoms with Crippen LogP contribution in [0.15, 0.2) is 66.7 Å². The van der Waals surface area contributed by atoms with Gasteiger partial charge in [-0.1, -0.05) is 42.5 Å². The molecule has 0 atom stereocenters. The first-order valence-corrected chi connectivity index (χ1v) is 11.6. The van der Waals surface area contributed by atoms with E-state index in [1.807, 2.05) is 36.4 Å². The van der Waals surface area contributed by atoms with Crippen LogP contribution in [-0.2, 0) is 4.79 Å². The lowest BCUT2D eigenvalue weighted by Crippen LogP contribution is -2.45. The summed E-state index contributed by atoms with van der Waals surface area (Å²) in [5.41, 5.74) is 6.24. The Morgan fingerprint density at radius 2 is 1.59 bits per heavy atom. The van der Waals surface area contributed by atoms with Crippen LogP contribution in [0.3, 0.4) is 0 Å². The Labute approximate surface area is 198 Å². The average Bonchev–Trinajstić information content (AvgIpc) is 2.90. The summed E-state index contributed by atoms with van der Waals surface area (Å²) >= 11 is 0. The van der Waals surface area contributed by atoms with Crippen LogP contribution in [0.4, 0.5) is 0 Å². The molecule has 34 heavy (non-hydrogen) atoms. The minimum atomic E-state index is -0.334. The minimum absolute atomic E-state index is 0.130. The SMILES string of the molecule is COc1cccc(C(=O)NCC2CCC(C(=O)NNC(=O)c3cccc4ccccc34)CC2)c1. The molecule has 0 aliphatic heterocycles. The Bertz CT molecular complexity index is 1180. The fourth-order valence-electron chi connectivity index (χ4n) is 4.44. The van der Waals surface area contributed by atoms with E-state index in [4.69, 9.17) is 4.74 Å². The van der Waals surface area contributed by atoms with Crippen molar-refractivity contribution in [1.29, 1.82) is 0 Å². The summed E-state index contributed by atoms with van der Waals surface area (Å²) in [6.07, 6.45) is 3.12. The molecule has 0 aromatic heterocycles. The van der Waals surface area contributed by atoms with Gasteiger partial charge in [0.1, 0.15) is 5.75 Å². The van der Waals surface area contributed by atoms with Crippen molar-refractivity contribution in [2.75, 3.05) is 13.7 Å². The topological polar surface area (TPSA) is 96.5 Å². The molecule has 3 aromatic rings. The molecule has 4 rings (SSSR count). The summed E-state index contributed by atoms with van der Waals surface area (Å²) in [7, 11) is 1.57. The van der Waals surface area contributed by atoms with Crippen LogP contribution in [0, 0.1) is 11.8 Å². The van der Waals surface area contributed by atoms with Gasteiger partial charge in [0.25, 0.3) is 11.8 Å². The third-order valence-corrected chi connectivity index (χ3v) is 6.43. The van der Waals surface area contributed by atoms with Crippen LogP contribution in [0.1, 0.15) is 46.4 Å². The highest BCUT2D eigenvalue weighted by molar-refractivity contribution is 6.07. The van der Waals surface area contributed by atoms with Crippen molar-refractivity contribution in [2.45, 2.75) is 25.7 Å². The number of carbonyl (C=O) groups is 3. The third kappa shape index (κ3) is 5.54. The smallest absolute Gasteiger partial charge is 0.270 e. The van der Waals surface area contributed by atoms with Crippen molar-refractivity contribution in [1.82, 2.24) is 16.2 Å². The first kappa shape index (κ1) is 23.3. The maximum absolute atomic E-state index is 12.6. The van der Waals surface area contributed by atoms with E-state index in [9.17, 15) is 14.4 Å². The lowest BCUT2D eigenvalue weighted by molar-refractivity contribution is -0.127. The highest BCUT2D eigenvalue weighted by Gasteiger charge is 2.27. The van der Waals surface area contributed by atoms with Gasteiger partial charge in [-0.2, -0.15) is 0 Å². The number of hydrogen-bond acceptors (Lipinski definition) is 4. The summed E-state index contributed by atoms with van der Waals surface area (Å²) in [5.74, 6) is 0.176. The van der Waals surface area contributed by atoms with Crippen molar-refractivity contribution in [3.63, 3.8) is 0 Å². The number of hydrogen-bond donors (Lipinski definition) is 3. The number of hydrazine groups is 1. The minimum Gasteiger partial charge on any atom is -0.497 e. The van der Waals surface area contributed by atoms with E-state index in [2.05, 4.69) is 16.2 Å². The lowest BCUT2D eigenvalue weighted by Gasteiger charge is -2.28. The summed E-state index contributed by atoms with van der Waals surface area (Å²) in [4.78, 5) is 37.6. The Kier molecular flexibility index (Phi) is 7.42. The normalized spacial score (nSPS) is 17.6. The highest BCUT2D eigenvalue weighted by atomic mass is 16.5. The molecule has 0 heterocycles. The van der Waals surface area contributed by atoms with Gasteiger partial charge in [-0.15, -0.1) is 0 Å². The molecule has 0 saturated heterocycles. The van der Waals surface area contributed by atoms with E-state index in [-0.39, 0.29) is 23.6 Å². The molecule has 0 radical (unpaired) electrons. The fraction of sp³-hybridized carbons (Fsp3) is 0.296. The van der Waals surface area contributed by atoms with Crippen molar-refractivity contribution < 1.29 is 19.1 Å². The van der Waals surface area contributed by atoms with Gasteiger partial charge in [-0.3, -0.25) is 25.2 Å². The zero-order chi connectivity index (χ0) is 23.9. The second-order valence-corrected chi connectivity index (χ2v) is 8.63. The molecule has 0 bridgehead atoms.